The molecule has 4 unspecified atom stereocenters. The molecule has 0 aromatic heterocycles. The Morgan fingerprint density at radius 2 is 1.24 bits per heavy atom. The summed E-state index contributed by atoms with van der Waals surface area (Å²) >= 11 is 3.88. The topological polar surface area (TPSA) is 245 Å². The van der Waals surface area contributed by atoms with Gasteiger partial charge in [0.1, 0.15) is 23.9 Å². The third-order valence-corrected chi connectivity index (χ3v) is 5.46. The number of rotatable bonds is 16. The monoisotopic (exact) mass is 542 g/mol. The van der Waals surface area contributed by atoms with Crippen molar-refractivity contribution < 1.29 is 49.2 Å². The van der Waals surface area contributed by atoms with Crippen molar-refractivity contribution in [3.63, 3.8) is 0 Å². The molecule has 0 heterocycles. The largest absolute Gasteiger partial charge is 0.508 e. The molecule has 0 saturated heterocycles. The Kier molecular flexibility index (Phi) is 12.9. The standard InChI is InChI=1S/C22H30N4O10S/c23-13(5-7-17(28)29)19(32)24-14(6-8-18(30)31)20(33)25-15(9-11-1-3-12(27)4-2-11)21(34)26-16(10-37)22(35)36/h1-4,13-16,27,37H,5-10,23H2,(H,24,32)(H,25,33)(H,26,34)(H,28,29)(H,30,31)(H,35,36). The molecule has 4 atom stereocenters. The van der Waals surface area contributed by atoms with Crippen LogP contribution in [0.4, 0.5) is 0 Å². The molecule has 0 aliphatic rings. The molecule has 1 aromatic carbocycles. The summed E-state index contributed by atoms with van der Waals surface area (Å²) in [6.45, 7) is 0. The number of phenols is 1. The lowest BCUT2D eigenvalue weighted by Crippen LogP contribution is -2.58. The minimum absolute atomic E-state index is 0.0505. The Hall–Kier alpha value is -3.85. The van der Waals surface area contributed by atoms with Gasteiger partial charge in [-0.1, -0.05) is 12.1 Å². The molecule has 0 aliphatic carbocycles. The third kappa shape index (κ3) is 11.6. The maximum atomic E-state index is 13.0. The van der Waals surface area contributed by atoms with E-state index in [1.54, 1.807) is 0 Å². The van der Waals surface area contributed by atoms with Gasteiger partial charge in [-0.3, -0.25) is 24.0 Å². The Balaban J connectivity index is 3.12. The average molecular weight is 543 g/mol. The Morgan fingerprint density at radius 3 is 1.76 bits per heavy atom. The number of amides is 3. The molecule has 0 spiro atoms. The highest BCUT2D eigenvalue weighted by Gasteiger charge is 2.30. The molecule has 15 heteroatoms. The van der Waals surface area contributed by atoms with Crippen LogP contribution < -0.4 is 21.7 Å². The number of nitrogens with two attached hydrogens (primary N) is 1. The highest BCUT2D eigenvalue weighted by atomic mass is 32.1. The molecular formula is C22H30N4O10S. The first-order valence-corrected chi connectivity index (χ1v) is 11.7. The maximum Gasteiger partial charge on any atom is 0.327 e. The van der Waals surface area contributed by atoms with E-state index in [-0.39, 0.29) is 30.8 Å². The SMILES string of the molecule is NC(CCC(=O)O)C(=O)NC(CCC(=O)O)C(=O)NC(Cc1ccc(O)cc1)C(=O)NC(CS)C(=O)O. The van der Waals surface area contributed by atoms with Gasteiger partial charge in [-0.2, -0.15) is 12.6 Å². The van der Waals surface area contributed by atoms with Crippen molar-refractivity contribution in [2.75, 3.05) is 5.75 Å². The summed E-state index contributed by atoms with van der Waals surface area (Å²) in [6, 6.07) is 0.158. The van der Waals surface area contributed by atoms with E-state index in [0.717, 1.165) is 0 Å². The molecular weight excluding hydrogens is 512 g/mol. The van der Waals surface area contributed by atoms with Crippen LogP contribution in [0.3, 0.4) is 0 Å². The summed E-state index contributed by atoms with van der Waals surface area (Å²) in [6.07, 6.45) is -1.70. The Labute approximate surface area is 217 Å². The van der Waals surface area contributed by atoms with E-state index in [4.69, 9.17) is 15.9 Å². The number of carbonyl (C=O) groups is 6. The van der Waals surface area contributed by atoms with Crippen LogP contribution in [-0.2, 0) is 35.2 Å². The first kappa shape index (κ1) is 31.2. The number of hydrogen-bond acceptors (Lipinski definition) is 9. The summed E-state index contributed by atoms with van der Waals surface area (Å²) in [5.41, 5.74) is 6.15. The van der Waals surface area contributed by atoms with Crippen LogP contribution in [0, 0.1) is 0 Å². The molecule has 0 fully saturated rings. The normalized spacial score (nSPS) is 13.9. The first-order valence-electron chi connectivity index (χ1n) is 11.1. The quantitative estimate of drug-likeness (QED) is 0.108. The van der Waals surface area contributed by atoms with Crippen molar-refractivity contribution in [2.45, 2.75) is 56.3 Å². The van der Waals surface area contributed by atoms with E-state index in [0.29, 0.717) is 5.56 Å². The van der Waals surface area contributed by atoms with Crippen LogP contribution in [0.5, 0.6) is 5.75 Å². The lowest BCUT2D eigenvalue weighted by Gasteiger charge is -2.25. The van der Waals surface area contributed by atoms with Gasteiger partial charge in [0.15, 0.2) is 0 Å². The number of phenolic OH excluding ortho intramolecular Hbond substituents is 1. The van der Waals surface area contributed by atoms with Crippen molar-refractivity contribution >= 4 is 48.3 Å². The fraction of sp³-hybridized carbons (Fsp3) is 0.455. The van der Waals surface area contributed by atoms with Gasteiger partial charge in [0.05, 0.1) is 6.04 Å². The molecule has 37 heavy (non-hydrogen) atoms. The molecule has 1 rings (SSSR count). The lowest BCUT2D eigenvalue weighted by molar-refractivity contribution is -0.141. The minimum atomic E-state index is -1.45. The third-order valence-electron chi connectivity index (χ3n) is 5.09. The number of carbonyl (C=O) groups excluding carboxylic acids is 3. The number of benzene rings is 1. The van der Waals surface area contributed by atoms with Gasteiger partial charge in [0, 0.05) is 25.0 Å². The van der Waals surface area contributed by atoms with Crippen molar-refractivity contribution in [1.29, 1.82) is 0 Å². The van der Waals surface area contributed by atoms with Crippen molar-refractivity contribution in [3.05, 3.63) is 29.8 Å². The Morgan fingerprint density at radius 1 is 0.757 bits per heavy atom. The lowest BCUT2D eigenvalue weighted by atomic mass is 10.0. The van der Waals surface area contributed by atoms with Gasteiger partial charge in [0.25, 0.3) is 0 Å². The number of hydrogen-bond donors (Lipinski definition) is 9. The van der Waals surface area contributed by atoms with E-state index in [9.17, 15) is 39.0 Å². The van der Waals surface area contributed by atoms with Gasteiger partial charge >= 0.3 is 17.9 Å². The highest BCUT2D eigenvalue weighted by Crippen LogP contribution is 2.12. The second-order valence-electron chi connectivity index (χ2n) is 8.05. The number of thiol groups is 1. The average Bonchev–Trinajstić information content (AvgIpc) is 2.83. The smallest absolute Gasteiger partial charge is 0.327 e. The number of carboxylic acids is 3. The molecule has 204 valence electrons. The predicted octanol–water partition coefficient (Wildman–Crippen LogP) is -1.54. The number of aliphatic carboxylic acids is 3. The predicted molar refractivity (Wildman–Crippen MR) is 131 cm³/mol. The summed E-state index contributed by atoms with van der Waals surface area (Å²) in [5.74, 6) is -6.84. The second-order valence-corrected chi connectivity index (χ2v) is 8.41. The second kappa shape index (κ2) is 15.3. The molecule has 0 bridgehead atoms. The van der Waals surface area contributed by atoms with Crippen LogP contribution in [0.2, 0.25) is 0 Å². The molecule has 0 radical (unpaired) electrons. The van der Waals surface area contributed by atoms with Crippen molar-refractivity contribution in [1.82, 2.24) is 16.0 Å². The zero-order valence-corrected chi connectivity index (χ0v) is 20.5. The van der Waals surface area contributed by atoms with Crippen LogP contribution in [0.15, 0.2) is 24.3 Å². The first-order chi connectivity index (χ1) is 17.3. The molecule has 14 nitrogen and oxygen atoms in total. The zero-order chi connectivity index (χ0) is 28.1. The van der Waals surface area contributed by atoms with Gasteiger partial charge in [0.2, 0.25) is 17.7 Å². The van der Waals surface area contributed by atoms with Gasteiger partial charge in [-0.25, -0.2) is 4.79 Å². The van der Waals surface area contributed by atoms with Crippen LogP contribution in [-0.4, -0.2) is 86.0 Å². The number of carboxylic acid groups (broad SMARTS) is 3. The molecule has 0 aliphatic heterocycles. The zero-order valence-electron chi connectivity index (χ0n) is 19.6. The molecule has 9 N–H and O–H groups in total. The van der Waals surface area contributed by atoms with E-state index < -0.39 is 72.6 Å². The highest BCUT2D eigenvalue weighted by molar-refractivity contribution is 7.80. The minimum Gasteiger partial charge on any atom is -0.508 e. The summed E-state index contributed by atoms with van der Waals surface area (Å²) in [5, 5.41) is 43.4. The van der Waals surface area contributed by atoms with Gasteiger partial charge < -0.3 is 42.1 Å². The van der Waals surface area contributed by atoms with E-state index in [1.807, 2.05) is 0 Å². The summed E-state index contributed by atoms with van der Waals surface area (Å²) in [7, 11) is 0. The van der Waals surface area contributed by atoms with Crippen LogP contribution in [0.25, 0.3) is 0 Å². The number of aromatic hydroxyl groups is 1. The van der Waals surface area contributed by atoms with Crippen LogP contribution in [0.1, 0.15) is 31.2 Å². The van der Waals surface area contributed by atoms with Crippen molar-refractivity contribution in [3.8, 4) is 5.75 Å². The van der Waals surface area contributed by atoms with E-state index >= 15 is 0 Å². The Bertz CT molecular complexity index is 988. The fourth-order valence-corrected chi connectivity index (χ4v) is 3.28. The summed E-state index contributed by atoms with van der Waals surface area (Å²) < 4.78 is 0. The van der Waals surface area contributed by atoms with Crippen LogP contribution >= 0.6 is 12.6 Å². The number of nitrogens with one attached hydrogen (secondary N) is 3. The van der Waals surface area contributed by atoms with E-state index in [2.05, 4.69) is 28.6 Å². The van der Waals surface area contributed by atoms with Gasteiger partial charge in [-0.05, 0) is 30.5 Å². The van der Waals surface area contributed by atoms with Crippen molar-refractivity contribution in [2.24, 2.45) is 5.73 Å². The maximum absolute atomic E-state index is 13.0. The molecule has 1 aromatic rings. The molecule has 3 amide bonds. The van der Waals surface area contributed by atoms with E-state index in [1.165, 1.54) is 24.3 Å². The molecule has 0 saturated carbocycles. The summed E-state index contributed by atoms with van der Waals surface area (Å²) in [4.78, 5) is 71.4. The fourth-order valence-electron chi connectivity index (χ4n) is 3.03. The van der Waals surface area contributed by atoms with Gasteiger partial charge in [-0.15, -0.1) is 0 Å².